The second-order valence-electron chi connectivity index (χ2n) is 3.80. The smallest absolute Gasteiger partial charge is 0.136 e. The highest BCUT2D eigenvalue weighted by Gasteiger charge is 2.02. The Bertz CT molecular complexity index is 542. The van der Waals surface area contributed by atoms with E-state index in [2.05, 4.69) is 33.7 Å². The zero-order valence-corrected chi connectivity index (χ0v) is 11.3. The number of nitrogens with two attached hydrogens (primary N) is 1. The lowest BCUT2D eigenvalue weighted by molar-refractivity contribution is 0.948. The lowest BCUT2D eigenvalue weighted by Gasteiger charge is -2.08. The van der Waals surface area contributed by atoms with Crippen molar-refractivity contribution >= 4 is 29.1 Å². The summed E-state index contributed by atoms with van der Waals surface area (Å²) in [6.07, 6.45) is 2.82. The molecule has 0 atom stereocenters. The molecule has 0 bridgehead atoms. The van der Waals surface area contributed by atoms with Gasteiger partial charge in [-0.1, -0.05) is 13.0 Å². The van der Waals surface area contributed by atoms with Gasteiger partial charge in [0.15, 0.2) is 0 Å². The van der Waals surface area contributed by atoms with Gasteiger partial charge in [0.25, 0.3) is 0 Å². The average molecular weight is 260 g/mol. The van der Waals surface area contributed by atoms with Gasteiger partial charge in [0, 0.05) is 23.1 Å². The van der Waals surface area contributed by atoms with Gasteiger partial charge in [-0.15, -0.1) is 11.8 Å². The molecular formula is C13H16N4S. The van der Waals surface area contributed by atoms with E-state index in [0.29, 0.717) is 5.82 Å². The number of nitrogen functional groups attached to an aromatic ring is 1. The van der Waals surface area contributed by atoms with Gasteiger partial charge in [-0.2, -0.15) is 0 Å². The molecule has 0 fully saturated rings. The topological polar surface area (TPSA) is 63.8 Å². The standard InChI is InChI=1S/C13H16N4S/c1-3-12-16-11(14)8-13(17-12)15-9-5-4-6-10(7-9)18-2/h4-8H,3H2,1-2H3,(H3,14,15,16,17). The van der Waals surface area contributed by atoms with Gasteiger partial charge in [-0.3, -0.25) is 0 Å². The van der Waals surface area contributed by atoms with Crippen LogP contribution in [0, 0.1) is 0 Å². The molecule has 0 aliphatic carbocycles. The fourth-order valence-corrected chi connectivity index (χ4v) is 2.05. The third-order valence-electron chi connectivity index (χ3n) is 2.45. The van der Waals surface area contributed by atoms with Crippen LogP contribution >= 0.6 is 11.8 Å². The molecule has 3 N–H and O–H groups in total. The number of benzene rings is 1. The lowest BCUT2D eigenvalue weighted by Crippen LogP contribution is -2.02. The van der Waals surface area contributed by atoms with Crippen LogP contribution in [-0.2, 0) is 6.42 Å². The van der Waals surface area contributed by atoms with E-state index in [9.17, 15) is 0 Å². The number of rotatable bonds is 4. The molecule has 5 heteroatoms. The molecule has 0 aliphatic heterocycles. The number of anilines is 3. The molecule has 0 aliphatic rings. The predicted octanol–water partition coefficient (Wildman–Crippen LogP) is 3.09. The summed E-state index contributed by atoms with van der Waals surface area (Å²) in [5.41, 5.74) is 6.75. The van der Waals surface area contributed by atoms with Crippen LogP contribution in [0.25, 0.3) is 0 Å². The Morgan fingerprint density at radius 3 is 2.83 bits per heavy atom. The van der Waals surface area contributed by atoms with E-state index in [4.69, 9.17) is 5.73 Å². The minimum absolute atomic E-state index is 0.491. The second kappa shape index (κ2) is 5.73. The van der Waals surface area contributed by atoms with E-state index >= 15 is 0 Å². The van der Waals surface area contributed by atoms with Crippen LogP contribution < -0.4 is 11.1 Å². The molecule has 18 heavy (non-hydrogen) atoms. The predicted molar refractivity (Wildman–Crippen MR) is 77.3 cm³/mol. The number of aryl methyl sites for hydroxylation is 1. The molecule has 0 saturated carbocycles. The fourth-order valence-electron chi connectivity index (χ4n) is 1.59. The van der Waals surface area contributed by atoms with Crippen LogP contribution in [0.2, 0.25) is 0 Å². The number of hydrogen-bond acceptors (Lipinski definition) is 5. The minimum atomic E-state index is 0.491. The average Bonchev–Trinajstić information content (AvgIpc) is 2.38. The first kappa shape index (κ1) is 12.7. The van der Waals surface area contributed by atoms with Gasteiger partial charge < -0.3 is 11.1 Å². The molecule has 94 valence electrons. The monoisotopic (exact) mass is 260 g/mol. The van der Waals surface area contributed by atoms with Crippen molar-refractivity contribution in [2.45, 2.75) is 18.2 Å². The number of nitrogens with zero attached hydrogens (tertiary/aromatic N) is 2. The van der Waals surface area contributed by atoms with Gasteiger partial charge in [-0.05, 0) is 24.5 Å². The summed E-state index contributed by atoms with van der Waals surface area (Å²) in [4.78, 5) is 9.75. The van der Waals surface area contributed by atoms with Crippen LogP contribution in [0.4, 0.5) is 17.3 Å². The molecule has 0 saturated heterocycles. The van der Waals surface area contributed by atoms with E-state index < -0.39 is 0 Å². The Labute approximate surface area is 111 Å². The molecule has 4 nitrogen and oxygen atoms in total. The number of hydrogen-bond donors (Lipinski definition) is 2. The highest BCUT2D eigenvalue weighted by Crippen LogP contribution is 2.22. The summed E-state index contributed by atoms with van der Waals surface area (Å²) >= 11 is 1.71. The second-order valence-corrected chi connectivity index (χ2v) is 4.68. The first-order valence-electron chi connectivity index (χ1n) is 5.75. The van der Waals surface area contributed by atoms with Gasteiger partial charge in [0.05, 0.1) is 0 Å². The Hall–Kier alpha value is -1.75. The fraction of sp³-hybridized carbons (Fsp3) is 0.231. The van der Waals surface area contributed by atoms with E-state index in [1.807, 2.05) is 19.1 Å². The van der Waals surface area contributed by atoms with Crippen molar-refractivity contribution in [3.63, 3.8) is 0 Å². The maximum Gasteiger partial charge on any atom is 0.136 e. The first-order valence-corrected chi connectivity index (χ1v) is 6.98. The molecule has 2 aromatic rings. The van der Waals surface area contributed by atoms with Crippen molar-refractivity contribution in [3.8, 4) is 0 Å². The summed E-state index contributed by atoms with van der Waals surface area (Å²) in [6, 6.07) is 9.91. The van der Waals surface area contributed by atoms with Crippen molar-refractivity contribution in [2.24, 2.45) is 0 Å². The maximum atomic E-state index is 5.75. The molecule has 1 heterocycles. The summed E-state index contributed by atoms with van der Waals surface area (Å²) in [5.74, 6) is 1.97. The minimum Gasteiger partial charge on any atom is -0.384 e. The molecule has 0 unspecified atom stereocenters. The summed E-state index contributed by atoms with van der Waals surface area (Å²) in [6.45, 7) is 2.01. The van der Waals surface area contributed by atoms with E-state index in [1.54, 1.807) is 17.8 Å². The van der Waals surface area contributed by atoms with Gasteiger partial charge in [0.2, 0.25) is 0 Å². The van der Waals surface area contributed by atoms with Gasteiger partial charge >= 0.3 is 0 Å². The third kappa shape index (κ3) is 3.13. The van der Waals surface area contributed by atoms with E-state index in [1.165, 1.54) is 4.90 Å². The maximum absolute atomic E-state index is 5.75. The zero-order valence-electron chi connectivity index (χ0n) is 10.5. The highest BCUT2D eigenvalue weighted by molar-refractivity contribution is 7.98. The Morgan fingerprint density at radius 1 is 1.28 bits per heavy atom. The van der Waals surface area contributed by atoms with Crippen LogP contribution in [0.3, 0.4) is 0 Å². The zero-order chi connectivity index (χ0) is 13.0. The molecule has 1 aromatic carbocycles. The molecule has 2 rings (SSSR count). The Morgan fingerprint density at radius 2 is 2.11 bits per heavy atom. The van der Waals surface area contributed by atoms with Crippen molar-refractivity contribution in [3.05, 3.63) is 36.2 Å². The quantitative estimate of drug-likeness (QED) is 0.827. The van der Waals surface area contributed by atoms with Gasteiger partial charge in [0.1, 0.15) is 17.5 Å². The molecule has 0 radical (unpaired) electrons. The van der Waals surface area contributed by atoms with Gasteiger partial charge in [-0.25, -0.2) is 9.97 Å². The van der Waals surface area contributed by atoms with Crippen LogP contribution in [0.5, 0.6) is 0 Å². The van der Waals surface area contributed by atoms with Crippen molar-refractivity contribution in [1.29, 1.82) is 0 Å². The summed E-state index contributed by atoms with van der Waals surface area (Å²) in [5, 5.41) is 3.25. The first-order chi connectivity index (χ1) is 8.71. The summed E-state index contributed by atoms with van der Waals surface area (Å²) in [7, 11) is 0. The third-order valence-corrected chi connectivity index (χ3v) is 3.18. The Kier molecular flexibility index (Phi) is 4.04. The SMILES string of the molecule is CCc1nc(N)cc(Nc2cccc(SC)c2)n1. The van der Waals surface area contributed by atoms with Crippen molar-refractivity contribution in [2.75, 3.05) is 17.3 Å². The molecule has 1 aromatic heterocycles. The number of nitrogens with one attached hydrogen (secondary N) is 1. The highest BCUT2D eigenvalue weighted by atomic mass is 32.2. The molecular weight excluding hydrogens is 244 g/mol. The van der Waals surface area contributed by atoms with Crippen LogP contribution in [0.1, 0.15) is 12.7 Å². The largest absolute Gasteiger partial charge is 0.384 e. The van der Waals surface area contributed by atoms with Crippen molar-refractivity contribution in [1.82, 2.24) is 9.97 Å². The van der Waals surface area contributed by atoms with Crippen LogP contribution in [0.15, 0.2) is 35.2 Å². The normalized spacial score (nSPS) is 10.3. The van der Waals surface area contributed by atoms with Crippen molar-refractivity contribution < 1.29 is 0 Å². The van der Waals surface area contributed by atoms with E-state index in [0.717, 1.165) is 23.8 Å². The molecule has 0 spiro atoms. The number of thioether (sulfide) groups is 1. The molecule has 0 amide bonds. The van der Waals surface area contributed by atoms with E-state index in [-0.39, 0.29) is 0 Å². The summed E-state index contributed by atoms with van der Waals surface area (Å²) < 4.78 is 0. The Balaban J connectivity index is 2.24. The van der Waals surface area contributed by atoms with Crippen LogP contribution in [-0.4, -0.2) is 16.2 Å². The number of aromatic nitrogens is 2. The lowest BCUT2D eigenvalue weighted by atomic mass is 10.3.